The summed E-state index contributed by atoms with van der Waals surface area (Å²) in [4.78, 5) is 70.2. The molecule has 0 aliphatic rings. The molecule has 0 radical (unpaired) electrons. The maximum Gasteiger partial charge on any atom is 0.325 e. The zero-order valence-electron chi connectivity index (χ0n) is 25.0. The molecule has 4 aromatic rings. The second-order valence-corrected chi connectivity index (χ2v) is 12.6. The van der Waals surface area contributed by atoms with Crippen molar-refractivity contribution >= 4 is 62.2 Å². The quantitative estimate of drug-likeness (QED) is 0.0640. The number of amides is 1. The van der Waals surface area contributed by atoms with Gasteiger partial charge < -0.3 is 20.9 Å². The average Bonchev–Trinajstić information content (AvgIpc) is 3.05. The van der Waals surface area contributed by atoms with Gasteiger partial charge in [-0.1, -0.05) is 41.1 Å². The number of ether oxygens (including phenoxy) is 1. The van der Waals surface area contributed by atoms with E-state index in [1.54, 1.807) is 31.5 Å². The number of carbonyl (C=O) groups is 4. The number of nitrogens with zero attached hydrogens (tertiary/aromatic N) is 5. The van der Waals surface area contributed by atoms with Crippen LogP contribution in [0.4, 0.5) is 5.82 Å². The minimum atomic E-state index is -1.17. The first-order valence-electron chi connectivity index (χ1n) is 14.4. The lowest BCUT2D eigenvalue weighted by Gasteiger charge is -2.12. The Morgan fingerprint density at radius 2 is 1.83 bits per heavy atom. The molecule has 0 spiro atoms. The fraction of sp³-hybridized carbons (Fsp3) is 0.323. The van der Waals surface area contributed by atoms with Crippen LogP contribution in [0.1, 0.15) is 46.7 Å². The summed E-state index contributed by atoms with van der Waals surface area (Å²) in [6.45, 7) is 1.58. The molecule has 1 amide bonds. The highest BCUT2D eigenvalue weighted by Crippen LogP contribution is 2.28. The van der Waals surface area contributed by atoms with Gasteiger partial charge in [0.2, 0.25) is 5.91 Å². The average molecular weight is 664 g/mol. The molecule has 3 heterocycles. The van der Waals surface area contributed by atoms with Crippen molar-refractivity contribution in [1.29, 1.82) is 0 Å². The molecule has 240 valence electrons. The number of hydrogen-bond donors (Lipinski definition) is 3. The number of rotatable bonds is 17. The number of nitrogen functional groups attached to an aromatic ring is 1. The van der Waals surface area contributed by atoms with Gasteiger partial charge in [-0.05, 0) is 54.7 Å². The third-order valence-electron chi connectivity index (χ3n) is 6.68. The number of hydrogen-bond acceptors (Lipinski definition) is 13. The van der Waals surface area contributed by atoms with Crippen molar-refractivity contribution in [2.75, 3.05) is 24.6 Å². The van der Waals surface area contributed by atoms with E-state index in [0.717, 1.165) is 16.3 Å². The minimum absolute atomic E-state index is 0.0522. The SMILES string of the molecule is Cc1nc(N)c2nc(CCc3ccc(C(=O)C[C@@H](CCC(=O)NCC(=O)OCCSSc4ccccn4)C(=O)O)cc3)cnc2n1. The molecule has 0 bridgehead atoms. The molecule has 1 aromatic carbocycles. The van der Waals surface area contributed by atoms with Gasteiger partial charge >= 0.3 is 11.9 Å². The van der Waals surface area contributed by atoms with E-state index in [9.17, 15) is 24.3 Å². The molecule has 1 atom stereocenters. The van der Waals surface area contributed by atoms with Crippen LogP contribution in [0.25, 0.3) is 11.2 Å². The monoisotopic (exact) mass is 663 g/mol. The van der Waals surface area contributed by atoms with E-state index in [2.05, 4.69) is 30.2 Å². The number of carboxylic acid groups (broad SMARTS) is 1. The third-order valence-corrected chi connectivity index (χ3v) is 8.91. The number of aromatic nitrogens is 5. The molecule has 0 aliphatic heterocycles. The Hall–Kier alpha value is -4.63. The fourth-order valence-corrected chi connectivity index (χ4v) is 5.99. The first kappa shape index (κ1) is 34.2. The van der Waals surface area contributed by atoms with Crippen LogP contribution in [0.2, 0.25) is 0 Å². The summed E-state index contributed by atoms with van der Waals surface area (Å²) in [6.07, 6.45) is 4.10. The van der Waals surface area contributed by atoms with E-state index in [4.69, 9.17) is 10.5 Å². The van der Waals surface area contributed by atoms with Crippen LogP contribution in [0.5, 0.6) is 0 Å². The van der Waals surface area contributed by atoms with Crippen molar-refractivity contribution in [3.05, 3.63) is 77.5 Å². The number of aryl methyl sites for hydroxylation is 3. The summed E-state index contributed by atoms with van der Waals surface area (Å²) in [6, 6.07) is 12.5. The first-order valence-corrected chi connectivity index (χ1v) is 16.7. The van der Waals surface area contributed by atoms with Crippen LogP contribution >= 0.6 is 21.6 Å². The van der Waals surface area contributed by atoms with Gasteiger partial charge in [0.25, 0.3) is 0 Å². The van der Waals surface area contributed by atoms with Crippen LogP contribution in [-0.2, 0) is 32.0 Å². The molecule has 0 aliphatic carbocycles. The van der Waals surface area contributed by atoms with Crippen molar-refractivity contribution in [3.63, 3.8) is 0 Å². The standard InChI is InChI=1S/C31H33N7O6S2/c1-19-36-29(32)28-30(37-19)35-17-23(38-28)11-7-20-5-8-21(9-6-20)24(39)16-22(31(42)43)10-12-25(40)34-18-27(41)44-14-15-45-46-26-4-2-3-13-33-26/h2-6,8-9,13,17,22H,7,10-12,14-16,18H2,1H3,(H,34,40)(H,42,43)(H2,32,35,36,37)/t22-/m1/s1. The second kappa shape index (κ2) is 17.2. The topological polar surface area (TPSA) is 200 Å². The van der Waals surface area contributed by atoms with E-state index in [0.29, 0.717) is 41.1 Å². The van der Waals surface area contributed by atoms with Crippen molar-refractivity contribution in [1.82, 2.24) is 30.2 Å². The number of nitrogens with one attached hydrogen (secondary N) is 1. The van der Waals surface area contributed by atoms with Gasteiger partial charge in [0.15, 0.2) is 22.8 Å². The molecule has 0 saturated heterocycles. The predicted molar refractivity (Wildman–Crippen MR) is 174 cm³/mol. The molecule has 13 nitrogen and oxygen atoms in total. The lowest BCUT2D eigenvalue weighted by atomic mass is 9.93. The van der Waals surface area contributed by atoms with E-state index in [-0.39, 0.29) is 44.0 Å². The molecule has 0 fully saturated rings. The van der Waals surface area contributed by atoms with Gasteiger partial charge in [-0.2, -0.15) is 0 Å². The Morgan fingerprint density at radius 1 is 1.02 bits per heavy atom. The molecular weight excluding hydrogens is 631 g/mol. The Kier molecular flexibility index (Phi) is 12.8. The molecule has 15 heteroatoms. The van der Waals surface area contributed by atoms with Gasteiger partial charge in [-0.15, -0.1) is 0 Å². The van der Waals surface area contributed by atoms with Gasteiger partial charge in [-0.3, -0.25) is 19.2 Å². The zero-order valence-corrected chi connectivity index (χ0v) is 26.7. The van der Waals surface area contributed by atoms with Crippen LogP contribution < -0.4 is 11.1 Å². The number of fused-ring (bicyclic) bond motifs is 1. The highest BCUT2D eigenvalue weighted by molar-refractivity contribution is 8.76. The van der Waals surface area contributed by atoms with Gasteiger partial charge in [-0.25, -0.2) is 24.9 Å². The number of aliphatic carboxylic acids is 1. The Morgan fingerprint density at radius 3 is 2.57 bits per heavy atom. The summed E-state index contributed by atoms with van der Waals surface area (Å²) in [5, 5.41) is 12.9. The lowest BCUT2D eigenvalue weighted by molar-refractivity contribution is -0.144. The van der Waals surface area contributed by atoms with Gasteiger partial charge in [0.1, 0.15) is 24.0 Å². The zero-order chi connectivity index (χ0) is 32.9. The number of nitrogens with two attached hydrogens (primary N) is 1. The molecule has 0 unspecified atom stereocenters. The smallest absolute Gasteiger partial charge is 0.325 e. The van der Waals surface area contributed by atoms with Gasteiger partial charge in [0.05, 0.1) is 17.8 Å². The maximum absolute atomic E-state index is 12.8. The number of ketones is 1. The van der Waals surface area contributed by atoms with Crippen LogP contribution in [-0.4, -0.2) is 72.6 Å². The number of carboxylic acids is 1. The largest absolute Gasteiger partial charge is 0.481 e. The van der Waals surface area contributed by atoms with E-state index in [1.165, 1.54) is 21.6 Å². The van der Waals surface area contributed by atoms with Crippen LogP contribution in [0.15, 0.2) is 59.9 Å². The first-order chi connectivity index (χ1) is 22.2. The third kappa shape index (κ3) is 10.8. The number of anilines is 1. The fourth-order valence-electron chi connectivity index (χ4n) is 4.29. The van der Waals surface area contributed by atoms with Crippen molar-refractivity contribution in [3.8, 4) is 0 Å². The number of Topliss-reactive ketones (excluding diaryl/α,β-unsaturated/α-hetero) is 1. The normalized spacial score (nSPS) is 11.6. The summed E-state index contributed by atoms with van der Waals surface area (Å²) >= 11 is 0. The summed E-state index contributed by atoms with van der Waals surface area (Å²) < 4.78 is 5.10. The van der Waals surface area contributed by atoms with Gasteiger partial charge in [0, 0.05) is 30.4 Å². The summed E-state index contributed by atoms with van der Waals surface area (Å²) in [5.41, 5.74) is 8.92. The molecular formula is C31H33N7O6S2. The second-order valence-electron chi connectivity index (χ2n) is 10.2. The number of carbonyl (C=O) groups excluding carboxylic acids is 3. The molecule has 4 N–H and O–H groups in total. The highest BCUT2D eigenvalue weighted by Gasteiger charge is 2.23. The predicted octanol–water partition coefficient (Wildman–Crippen LogP) is 3.64. The number of pyridine rings is 1. The number of esters is 1. The molecule has 0 saturated carbocycles. The molecule has 46 heavy (non-hydrogen) atoms. The lowest BCUT2D eigenvalue weighted by Crippen LogP contribution is -2.31. The summed E-state index contributed by atoms with van der Waals surface area (Å²) in [7, 11) is 2.96. The van der Waals surface area contributed by atoms with E-state index in [1.807, 2.05) is 30.3 Å². The minimum Gasteiger partial charge on any atom is -0.481 e. The Labute approximate surface area is 273 Å². The van der Waals surface area contributed by atoms with E-state index >= 15 is 0 Å². The Bertz CT molecular complexity index is 1680. The molecule has 3 aromatic heterocycles. The Balaban J connectivity index is 1.16. The van der Waals surface area contributed by atoms with Crippen molar-refractivity contribution in [2.24, 2.45) is 5.92 Å². The van der Waals surface area contributed by atoms with Crippen LogP contribution in [0, 0.1) is 12.8 Å². The van der Waals surface area contributed by atoms with Crippen LogP contribution in [0.3, 0.4) is 0 Å². The number of benzene rings is 1. The molecule has 4 rings (SSSR count). The summed E-state index contributed by atoms with van der Waals surface area (Å²) in [5.74, 6) is -2.31. The maximum atomic E-state index is 12.8. The highest BCUT2D eigenvalue weighted by atomic mass is 33.1. The van der Waals surface area contributed by atoms with Crippen molar-refractivity contribution in [2.45, 2.75) is 44.1 Å². The van der Waals surface area contributed by atoms with E-state index < -0.39 is 23.8 Å². The van der Waals surface area contributed by atoms with Crippen molar-refractivity contribution < 1.29 is 29.0 Å².